The molecule has 0 radical (unpaired) electrons. The molecule has 2 saturated heterocycles. The molecular formula is C26H28FNO3. The third-order valence-corrected chi connectivity index (χ3v) is 6.61. The quantitative estimate of drug-likeness (QED) is 0.651. The van der Waals surface area contributed by atoms with Crippen LogP contribution in [-0.4, -0.2) is 48.3 Å². The summed E-state index contributed by atoms with van der Waals surface area (Å²) in [6, 6.07) is 20.8. The maximum atomic E-state index is 15.3. The Bertz CT molecular complexity index is 1040. The molecule has 0 bridgehead atoms. The molecule has 2 heterocycles. The standard InChI is InChI=1S/C26H28FNO3/c27-23-14-5-4-12-22(23)24(21-13-8-10-19-9-2-3-11-20(19)21)26(29,25-30-17-18-31-25)28-15-6-1-7-16-28/h2-5,8-14,24-25,29H,1,6-7,15-18H2. The summed E-state index contributed by atoms with van der Waals surface area (Å²) in [7, 11) is 0. The Hall–Kier alpha value is -2.31. The maximum absolute atomic E-state index is 15.3. The monoisotopic (exact) mass is 421 g/mol. The van der Waals surface area contributed by atoms with Gasteiger partial charge < -0.3 is 14.6 Å². The Labute approximate surface area is 182 Å². The average Bonchev–Trinajstić information content (AvgIpc) is 3.37. The number of likely N-dealkylation sites (tertiary alicyclic amines) is 1. The van der Waals surface area contributed by atoms with Crippen molar-refractivity contribution in [3.8, 4) is 0 Å². The molecule has 0 amide bonds. The van der Waals surface area contributed by atoms with Gasteiger partial charge in [-0.3, -0.25) is 4.90 Å². The molecule has 5 rings (SSSR count). The van der Waals surface area contributed by atoms with Gasteiger partial charge in [-0.2, -0.15) is 0 Å². The van der Waals surface area contributed by atoms with Crippen LogP contribution in [0.15, 0.2) is 66.7 Å². The van der Waals surface area contributed by atoms with Crippen molar-refractivity contribution in [3.63, 3.8) is 0 Å². The van der Waals surface area contributed by atoms with E-state index in [0.29, 0.717) is 18.8 Å². The summed E-state index contributed by atoms with van der Waals surface area (Å²) in [4.78, 5) is 2.05. The second-order valence-electron chi connectivity index (χ2n) is 8.43. The summed E-state index contributed by atoms with van der Waals surface area (Å²) in [6.07, 6.45) is 2.23. The van der Waals surface area contributed by atoms with E-state index in [-0.39, 0.29) is 5.82 Å². The summed E-state index contributed by atoms with van der Waals surface area (Å²) < 4.78 is 27.1. The van der Waals surface area contributed by atoms with Crippen LogP contribution < -0.4 is 0 Å². The zero-order valence-electron chi connectivity index (χ0n) is 17.5. The molecule has 0 aliphatic carbocycles. The fourth-order valence-corrected chi connectivity index (χ4v) is 5.16. The van der Waals surface area contributed by atoms with Crippen molar-refractivity contribution in [3.05, 3.63) is 83.7 Å². The number of nitrogens with zero attached hydrogens (tertiary/aromatic N) is 1. The minimum atomic E-state index is -1.54. The molecule has 3 aromatic rings. The van der Waals surface area contributed by atoms with Crippen LogP contribution in [-0.2, 0) is 9.47 Å². The predicted molar refractivity (Wildman–Crippen MR) is 118 cm³/mol. The summed E-state index contributed by atoms with van der Waals surface area (Å²) in [5.74, 6) is -1.02. The Kier molecular flexibility index (Phi) is 5.76. The number of hydrogen-bond donors (Lipinski definition) is 1. The lowest BCUT2D eigenvalue weighted by atomic mass is 9.78. The lowest BCUT2D eigenvalue weighted by Gasteiger charge is -2.49. The van der Waals surface area contributed by atoms with E-state index in [2.05, 4.69) is 0 Å². The highest BCUT2D eigenvalue weighted by Crippen LogP contribution is 2.45. The van der Waals surface area contributed by atoms with Gasteiger partial charge in [-0.15, -0.1) is 0 Å². The van der Waals surface area contributed by atoms with Gasteiger partial charge in [0.2, 0.25) is 6.29 Å². The first-order valence-electron chi connectivity index (χ1n) is 11.1. The van der Waals surface area contributed by atoms with Gasteiger partial charge in [0.1, 0.15) is 5.82 Å². The fraction of sp³-hybridized carbons (Fsp3) is 0.385. The Morgan fingerprint density at radius 3 is 2.26 bits per heavy atom. The third kappa shape index (κ3) is 3.66. The second-order valence-corrected chi connectivity index (χ2v) is 8.43. The highest BCUT2D eigenvalue weighted by atomic mass is 19.1. The zero-order valence-corrected chi connectivity index (χ0v) is 17.5. The molecule has 0 aromatic heterocycles. The zero-order chi connectivity index (χ0) is 21.3. The normalized spacial score (nSPS) is 21.2. The summed E-state index contributed by atoms with van der Waals surface area (Å²) in [5, 5.41) is 14.5. The Morgan fingerprint density at radius 1 is 0.839 bits per heavy atom. The van der Waals surface area contributed by atoms with Crippen LogP contribution in [0.25, 0.3) is 10.8 Å². The first kappa shape index (κ1) is 20.6. The SMILES string of the molecule is OC(C1OCCO1)(C(c1ccccc1F)c1cccc2ccccc12)N1CCCCC1. The van der Waals surface area contributed by atoms with Gasteiger partial charge in [-0.1, -0.05) is 67.1 Å². The molecule has 31 heavy (non-hydrogen) atoms. The smallest absolute Gasteiger partial charge is 0.201 e. The van der Waals surface area contributed by atoms with E-state index in [1.807, 2.05) is 53.4 Å². The fourth-order valence-electron chi connectivity index (χ4n) is 5.16. The van der Waals surface area contributed by atoms with Gasteiger partial charge in [0.05, 0.1) is 19.1 Å². The second kappa shape index (κ2) is 8.67. The number of ether oxygens (including phenoxy) is 2. The van der Waals surface area contributed by atoms with Crippen LogP contribution in [0.2, 0.25) is 0 Å². The highest BCUT2D eigenvalue weighted by molar-refractivity contribution is 5.86. The van der Waals surface area contributed by atoms with Crippen molar-refractivity contribution in [1.82, 2.24) is 4.90 Å². The molecular weight excluding hydrogens is 393 g/mol. The number of benzene rings is 3. The summed E-state index contributed by atoms with van der Waals surface area (Å²) >= 11 is 0. The maximum Gasteiger partial charge on any atom is 0.201 e. The topological polar surface area (TPSA) is 41.9 Å². The number of piperidine rings is 1. The van der Waals surface area contributed by atoms with E-state index in [9.17, 15) is 5.11 Å². The van der Waals surface area contributed by atoms with Gasteiger partial charge in [-0.25, -0.2) is 4.39 Å². The Balaban J connectivity index is 1.76. The van der Waals surface area contributed by atoms with Crippen LogP contribution in [0.5, 0.6) is 0 Å². The summed E-state index contributed by atoms with van der Waals surface area (Å²) in [5.41, 5.74) is -0.218. The number of halogens is 1. The van der Waals surface area contributed by atoms with E-state index < -0.39 is 17.9 Å². The molecule has 2 aliphatic rings. The van der Waals surface area contributed by atoms with Crippen LogP contribution in [0.4, 0.5) is 4.39 Å². The van der Waals surface area contributed by atoms with Crippen LogP contribution in [0.1, 0.15) is 36.3 Å². The molecule has 162 valence electrons. The number of rotatable bonds is 5. The third-order valence-electron chi connectivity index (χ3n) is 6.61. The highest BCUT2D eigenvalue weighted by Gasteiger charge is 2.54. The van der Waals surface area contributed by atoms with Crippen molar-refractivity contribution in [2.75, 3.05) is 26.3 Å². The largest absolute Gasteiger partial charge is 0.370 e. The van der Waals surface area contributed by atoms with Gasteiger partial charge in [0.25, 0.3) is 0 Å². The molecule has 1 N–H and O–H groups in total. The molecule has 3 aromatic carbocycles. The van der Waals surface area contributed by atoms with Crippen LogP contribution in [0, 0.1) is 5.82 Å². The number of fused-ring (bicyclic) bond motifs is 1. The van der Waals surface area contributed by atoms with Crippen molar-refractivity contribution >= 4 is 10.8 Å². The molecule has 4 nitrogen and oxygen atoms in total. The first-order valence-corrected chi connectivity index (χ1v) is 11.1. The lowest BCUT2D eigenvalue weighted by Crippen LogP contribution is -2.62. The van der Waals surface area contributed by atoms with E-state index in [1.165, 1.54) is 6.07 Å². The number of hydrogen-bond acceptors (Lipinski definition) is 4. The van der Waals surface area contributed by atoms with E-state index in [4.69, 9.17) is 9.47 Å². The molecule has 0 saturated carbocycles. The van der Waals surface area contributed by atoms with Crippen LogP contribution in [0.3, 0.4) is 0 Å². The molecule has 2 fully saturated rings. The van der Waals surface area contributed by atoms with Gasteiger partial charge in [-0.05, 0) is 40.8 Å². The first-order chi connectivity index (χ1) is 15.2. The van der Waals surface area contributed by atoms with E-state index in [1.54, 1.807) is 12.1 Å². The molecule has 2 atom stereocenters. The predicted octanol–water partition coefficient (Wildman–Crippen LogP) is 4.66. The molecule has 0 spiro atoms. The number of aliphatic hydroxyl groups is 1. The van der Waals surface area contributed by atoms with Gasteiger partial charge in [0.15, 0.2) is 5.72 Å². The summed E-state index contributed by atoms with van der Waals surface area (Å²) in [6.45, 7) is 2.27. The minimum absolute atomic E-state index is 0.339. The van der Waals surface area contributed by atoms with Crippen molar-refractivity contribution in [2.24, 2.45) is 0 Å². The molecule has 5 heteroatoms. The van der Waals surface area contributed by atoms with E-state index in [0.717, 1.165) is 48.7 Å². The Morgan fingerprint density at radius 2 is 1.48 bits per heavy atom. The molecule has 2 unspecified atom stereocenters. The minimum Gasteiger partial charge on any atom is -0.370 e. The van der Waals surface area contributed by atoms with Crippen LogP contribution >= 0.6 is 0 Å². The van der Waals surface area contributed by atoms with E-state index >= 15 is 4.39 Å². The molecule has 2 aliphatic heterocycles. The van der Waals surface area contributed by atoms with Crippen molar-refractivity contribution < 1.29 is 19.0 Å². The lowest BCUT2D eigenvalue weighted by molar-refractivity contribution is -0.259. The van der Waals surface area contributed by atoms with Crippen molar-refractivity contribution in [1.29, 1.82) is 0 Å². The van der Waals surface area contributed by atoms with Gasteiger partial charge >= 0.3 is 0 Å². The van der Waals surface area contributed by atoms with Crippen molar-refractivity contribution in [2.45, 2.75) is 37.2 Å². The average molecular weight is 422 g/mol. The van der Waals surface area contributed by atoms with Gasteiger partial charge in [0, 0.05) is 13.1 Å².